The van der Waals surface area contributed by atoms with Crippen molar-refractivity contribution in [1.29, 1.82) is 0 Å². The molecule has 2 rings (SSSR count). The Kier molecular flexibility index (Phi) is 4.67. The molecule has 2 amide bonds. The second-order valence-corrected chi connectivity index (χ2v) is 7.20. The zero-order chi connectivity index (χ0) is 14.9. The quantitative estimate of drug-likeness (QED) is 0.781. The summed E-state index contributed by atoms with van der Waals surface area (Å²) in [5.74, 6) is 0.296. The van der Waals surface area contributed by atoms with Gasteiger partial charge in [-0.05, 0) is 38.9 Å². The molecular weight excluding hydrogens is 272 g/mol. The highest BCUT2D eigenvalue weighted by atomic mass is 32.2. The fourth-order valence-corrected chi connectivity index (χ4v) is 4.24. The monoisotopic (exact) mass is 298 g/mol. The Hall–Kier alpha value is -0.710. The number of rotatable bonds is 5. The number of nitrogens with zero attached hydrogens (tertiary/aromatic N) is 2. The van der Waals surface area contributed by atoms with E-state index < -0.39 is 0 Å². The van der Waals surface area contributed by atoms with Gasteiger partial charge in [0.05, 0.1) is 0 Å². The van der Waals surface area contributed by atoms with Gasteiger partial charge in [0.2, 0.25) is 11.8 Å². The van der Waals surface area contributed by atoms with E-state index >= 15 is 0 Å². The first-order valence-electron chi connectivity index (χ1n) is 7.65. The number of carbonyl (C=O) groups is 2. The molecule has 5 heteroatoms. The molecule has 2 atom stereocenters. The molecule has 2 unspecified atom stereocenters. The van der Waals surface area contributed by atoms with Crippen molar-refractivity contribution in [3.05, 3.63) is 0 Å². The fraction of sp³-hybridized carbons (Fsp3) is 0.867. The van der Waals surface area contributed by atoms with E-state index in [1.165, 1.54) is 0 Å². The van der Waals surface area contributed by atoms with E-state index in [1.54, 1.807) is 4.90 Å². The van der Waals surface area contributed by atoms with Crippen molar-refractivity contribution in [3.63, 3.8) is 0 Å². The molecule has 2 fully saturated rings. The lowest BCUT2D eigenvalue weighted by Crippen LogP contribution is -2.63. The van der Waals surface area contributed by atoms with Crippen LogP contribution in [0.1, 0.15) is 46.5 Å². The number of thioether (sulfide) groups is 1. The van der Waals surface area contributed by atoms with Crippen molar-refractivity contribution in [2.24, 2.45) is 0 Å². The van der Waals surface area contributed by atoms with Gasteiger partial charge in [-0.1, -0.05) is 13.8 Å². The molecule has 0 bridgehead atoms. The topological polar surface area (TPSA) is 40.6 Å². The maximum absolute atomic E-state index is 12.7. The zero-order valence-corrected chi connectivity index (χ0v) is 13.8. The summed E-state index contributed by atoms with van der Waals surface area (Å²) >= 11 is 1.82. The maximum atomic E-state index is 12.7. The van der Waals surface area contributed by atoms with Gasteiger partial charge < -0.3 is 9.80 Å². The summed E-state index contributed by atoms with van der Waals surface area (Å²) in [6.07, 6.45) is 5.93. The summed E-state index contributed by atoms with van der Waals surface area (Å²) in [6, 6.07) is -0.492. The van der Waals surface area contributed by atoms with Crippen LogP contribution < -0.4 is 0 Å². The summed E-state index contributed by atoms with van der Waals surface area (Å²) in [5, 5.41) is 0. The fourth-order valence-electron chi connectivity index (χ4n) is 3.39. The predicted molar refractivity (Wildman–Crippen MR) is 82.7 cm³/mol. The average molecular weight is 298 g/mol. The van der Waals surface area contributed by atoms with E-state index in [-0.39, 0.29) is 28.6 Å². The first kappa shape index (κ1) is 15.7. The van der Waals surface area contributed by atoms with Crippen molar-refractivity contribution in [2.75, 3.05) is 19.3 Å². The highest BCUT2D eigenvalue weighted by molar-refractivity contribution is 8.00. The third-order valence-corrected chi connectivity index (χ3v) is 6.68. The molecule has 0 aliphatic carbocycles. The van der Waals surface area contributed by atoms with Crippen LogP contribution in [0.15, 0.2) is 0 Å². The van der Waals surface area contributed by atoms with Gasteiger partial charge in [-0.3, -0.25) is 9.59 Å². The molecular formula is C15H26N2O2S. The Morgan fingerprint density at radius 3 is 2.45 bits per heavy atom. The van der Waals surface area contributed by atoms with Gasteiger partial charge in [-0.2, -0.15) is 11.8 Å². The summed E-state index contributed by atoms with van der Waals surface area (Å²) in [5.41, 5.74) is 0. The van der Waals surface area contributed by atoms with E-state index in [4.69, 9.17) is 0 Å². The molecule has 0 aromatic rings. The van der Waals surface area contributed by atoms with Crippen LogP contribution in [0.3, 0.4) is 0 Å². The van der Waals surface area contributed by atoms with Crippen molar-refractivity contribution in [2.45, 2.75) is 63.3 Å². The Balaban J connectivity index is 2.22. The smallest absolute Gasteiger partial charge is 0.246 e. The molecule has 0 N–H and O–H groups in total. The van der Waals surface area contributed by atoms with E-state index in [0.29, 0.717) is 6.54 Å². The van der Waals surface area contributed by atoms with Crippen LogP contribution in [-0.4, -0.2) is 57.8 Å². The van der Waals surface area contributed by atoms with E-state index in [1.807, 2.05) is 23.6 Å². The lowest BCUT2D eigenvalue weighted by Gasteiger charge is -2.45. The number of piperazine rings is 1. The second-order valence-electron chi connectivity index (χ2n) is 5.93. The van der Waals surface area contributed by atoms with Gasteiger partial charge in [0.15, 0.2) is 0 Å². The molecule has 0 spiro atoms. The zero-order valence-electron chi connectivity index (χ0n) is 13.0. The molecule has 2 aliphatic heterocycles. The summed E-state index contributed by atoms with van der Waals surface area (Å²) < 4.78 is 0.0744. The third-order valence-electron chi connectivity index (χ3n) is 5.11. The Morgan fingerprint density at radius 2 is 1.90 bits per heavy atom. The number of carbonyl (C=O) groups excluding carboxylic acids is 2. The minimum atomic E-state index is -0.304. The molecule has 0 aromatic carbocycles. The SMILES string of the molecule is CCC(CC)(CN1C(=O)C2CCCN2C(=O)C1C)SC. The van der Waals surface area contributed by atoms with Crippen LogP contribution in [0.4, 0.5) is 0 Å². The van der Waals surface area contributed by atoms with E-state index in [0.717, 1.165) is 32.2 Å². The highest BCUT2D eigenvalue weighted by Crippen LogP contribution is 2.35. The van der Waals surface area contributed by atoms with Crippen LogP contribution in [0, 0.1) is 0 Å². The predicted octanol–water partition coefficient (Wildman–Crippen LogP) is 2.13. The molecule has 2 aliphatic rings. The molecule has 4 nitrogen and oxygen atoms in total. The van der Waals surface area contributed by atoms with Crippen LogP contribution in [0.25, 0.3) is 0 Å². The molecule has 114 valence electrons. The molecule has 20 heavy (non-hydrogen) atoms. The maximum Gasteiger partial charge on any atom is 0.246 e. The van der Waals surface area contributed by atoms with Crippen LogP contribution >= 0.6 is 11.8 Å². The summed E-state index contributed by atoms with van der Waals surface area (Å²) in [7, 11) is 0. The van der Waals surface area contributed by atoms with Crippen LogP contribution in [0.2, 0.25) is 0 Å². The van der Waals surface area contributed by atoms with Crippen LogP contribution in [0.5, 0.6) is 0 Å². The van der Waals surface area contributed by atoms with Crippen LogP contribution in [-0.2, 0) is 9.59 Å². The highest BCUT2D eigenvalue weighted by Gasteiger charge is 2.47. The Bertz CT molecular complexity index is 387. The van der Waals surface area contributed by atoms with Crippen molar-refractivity contribution in [3.8, 4) is 0 Å². The number of hydrogen-bond acceptors (Lipinski definition) is 3. The van der Waals surface area contributed by atoms with Gasteiger partial charge in [0.1, 0.15) is 12.1 Å². The average Bonchev–Trinajstić information content (AvgIpc) is 2.96. The third kappa shape index (κ3) is 2.45. The summed E-state index contributed by atoms with van der Waals surface area (Å²) in [4.78, 5) is 28.8. The molecule has 2 saturated heterocycles. The van der Waals surface area contributed by atoms with E-state index in [2.05, 4.69) is 20.1 Å². The standard InChI is InChI=1S/C15H26N2O2S/c1-5-15(6-2,20-4)10-17-11(3)13(18)16-9-7-8-12(16)14(17)19/h11-12H,5-10H2,1-4H3. The molecule has 0 radical (unpaired) electrons. The Morgan fingerprint density at radius 1 is 1.25 bits per heavy atom. The number of hydrogen-bond donors (Lipinski definition) is 0. The van der Waals surface area contributed by atoms with Gasteiger partial charge in [-0.25, -0.2) is 0 Å². The number of fused-ring (bicyclic) bond motifs is 1. The van der Waals surface area contributed by atoms with Crippen molar-refractivity contribution >= 4 is 23.6 Å². The van der Waals surface area contributed by atoms with Crippen molar-refractivity contribution < 1.29 is 9.59 Å². The second kappa shape index (κ2) is 5.96. The normalized spacial score (nSPS) is 27.2. The molecule has 0 saturated carbocycles. The number of amides is 2. The molecule has 0 aromatic heterocycles. The van der Waals surface area contributed by atoms with Gasteiger partial charge >= 0.3 is 0 Å². The lowest BCUT2D eigenvalue weighted by molar-refractivity contribution is -0.159. The minimum absolute atomic E-state index is 0.0744. The lowest BCUT2D eigenvalue weighted by atomic mass is 9.98. The van der Waals surface area contributed by atoms with Gasteiger partial charge in [0.25, 0.3) is 0 Å². The first-order chi connectivity index (χ1) is 9.49. The Labute approximate surface area is 126 Å². The summed E-state index contributed by atoms with van der Waals surface area (Å²) in [6.45, 7) is 7.66. The molecule has 2 heterocycles. The largest absolute Gasteiger partial charge is 0.329 e. The van der Waals surface area contributed by atoms with E-state index in [9.17, 15) is 9.59 Å². The first-order valence-corrected chi connectivity index (χ1v) is 8.88. The van der Waals surface area contributed by atoms with Crippen molar-refractivity contribution in [1.82, 2.24) is 9.80 Å². The van der Waals surface area contributed by atoms with Gasteiger partial charge in [0, 0.05) is 17.8 Å². The van der Waals surface area contributed by atoms with Gasteiger partial charge in [-0.15, -0.1) is 0 Å². The minimum Gasteiger partial charge on any atom is -0.329 e.